The van der Waals surface area contributed by atoms with Crippen molar-refractivity contribution in [1.29, 1.82) is 0 Å². The van der Waals surface area contributed by atoms with E-state index in [2.05, 4.69) is 10.1 Å². The van der Waals surface area contributed by atoms with Crippen LogP contribution in [0.25, 0.3) is 0 Å². The molecule has 1 N–H and O–H groups in total. The summed E-state index contributed by atoms with van der Waals surface area (Å²) in [7, 11) is -2.35. The monoisotopic (exact) mass is 446 g/mol. The van der Waals surface area contributed by atoms with Crippen LogP contribution in [0.1, 0.15) is 36.7 Å². The SMILES string of the molecule is COC(=O)c1ccc(NC(=O)[C@H]2CN(S(C)(=O)=O)c3cc(C(C)(C)C)ccc3O2)cc1. The standard InChI is InChI=1S/C22H26N2O6S/c1-22(2,3)15-8-11-18-17(12-15)24(31(5,27)28)13-19(30-18)20(25)23-16-9-6-14(7-10-16)21(26)29-4/h6-12,19H,13H2,1-5H3,(H,23,25)/t19-/m1/s1. The Morgan fingerprint density at radius 2 is 1.77 bits per heavy atom. The van der Waals surface area contributed by atoms with Crippen molar-refractivity contribution < 1.29 is 27.5 Å². The molecule has 0 unspecified atom stereocenters. The van der Waals surface area contributed by atoms with Gasteiger partial charge < -0.3 is 14.8 Å². The number of amides is 1. The molecule has 0 saturated carbocycles. The van der Waals surface area contributed by atoms with Crippen LogP contribution in [0, 0.1) is 0 Å². The second-order valence-corrected chi connectivity index (χ2v) is 10.3. The molecule has 2 aromatic rings. The molecule has 0 saturated heterocycles. The molecule has 1 heterocycles. The summed E-state index contributed by atoms with van der Waals surface area (Å²) in [6.45, 7) is 5.95. The molecule has 31 heavy (non-hydrogen) atoms. The number of fused-ring (bicyclic) bond motifs is 1. The van der Waals surface area contributed by atoms with Gasteiger partial charge in [-0.1, -0.05) is 26.8 Å². The van der Waals surface area contributed by atoms with Gasteiger partial charge in [0.1, 0.15) is 5.75 Å². The zero-order valence-electron chi connectivity index (χ0n) is 18.1. The number of hydrogen-bond donors (Lipinski definition) is 1. The van der Waals surface area contributed by atoms with Crippen molar-refractivity contribution in [3.63, 3.8) is 0 Å². The average molecular weight is 447 g/mol. The van der Waals surface area contributed by atoms with E-state index in [-0.39, 0.29) is 12.0 Å². The number of benzene rings is 2. The van der Waals surface area contributed by atoms with E-state index in [1.165, 1.54) is 23.5 Å². The first-order valence-electron chi connectivity index (χ1n) is 9.68. The van der Waals surface area contributed by atoms with E-state index < -0.39 is 28.0 Å². The van der Waals surface area contributed by atoms with Crippen molar-refractivity contribution in [2.45, 2.75) is 32.3 Å². The molecular formula is C22H26N2O6S. The highest BCUT2D eigenvalue weighted by Gasteiger charge is 2.36. The van der Waals surface area contributed by atoms with Crippen molar-refractivity contribution in [3.8, 4) is 5.75 Å². The van der Waals surface area contributed by atoms with Gasteiger partial charge in [-0.15, -0.1) is 0 Å². The molecule has 8 nitrogen and oxygen atoms in total. The molecule has 0 bridgehead atoms. The molecule has 1 aliphatic heterocycles. The molecule has 1 aliphatic rings. The van der Waals surface area contributed by atoms with E-state index in [4.69, 9.17) is 4.74 Å². The zero-order valence-corrected chi connectivity index (χ0v) is 18.9. The lowest BCUT2D eigenvalue weighted by molar-refractivity contribution is -0.122. The molecule has 0 aromatic heterocycles. The molecule has 0 spiro atoms. The van der Waals surface area contributed by atoms with Crippen LogP contribution in [0.5, 0.6) is 5.75 Å². The number of methoxy groups -OCH3 is 1. The third-order valence-corrected chi connectivity index (χ3v) is 6.11. The highest BCUT2D eigenvalue weighted by molar-refractivity contribution is 7.92. The highest BCUT2D eigenvalue weighted by Crippen LogP contribution is 2.38. The molecule has 1 atom stereocenters. The van der Waals surface area contributed by atoms with Crippen LogP contribution < -0.4 is 14.4 Å². The number of rotatable bonds is 4. The summed E-state index contributed by atoms with van der Waals surface area (Å²) in [5.41, 5.74) is 1.99. The van der Waals surface area contributed by atoms with Crippen LogP contribution >= 0.6 is 0 Å². The van der Waals surface area contributed by atoms with Crippen LogP contribution in [0.2, 0.25) is 0 Å². The van der Waals surface area contributed by atoms with Gasteiger partial charge in [-0.05, 0) is 47.4 Å². The minimum atomic E-state index is -3.64. The lowest BCUT2D eigenvalue weighted by Gasteiger charge is -2.35. The number of nitrogens with one attached hydrogen (secondary N) is 1. The first-order chi connectivity index (χ1) is 14.4. The first kappa shape index (κ1) is 22.6. The van der Waals surface area contributed by atoms with Gasteiger partial charge in [0, 0.05) is 5.69 Å². The summed E-state index contributed by atoms with van der Waals surface area (Å²) in [4.78, 5) is 24.3. The van der Waals surface area contributed by atoms with Crippen molar-refractivity contribution >= 4 is 33.3 Å². The Morgan fingerprint density at radius 3 is 2.32 bits per heavy atom. The molecule has 0 fully saturated rings. The summed E-state index contributed by atoms with van der Waals surface area (Å²) in [5.74, 6) is -0.653. The fraction of sp³-hybridized carbons (Fsp3) is 0.364. The second kappa shape index (κ2) is 8.22. The van der Waals surface area contributed by atoms with Crippen LogP contribution in [0.15, 0.2) is 42.5 Å². The largest absolute Gasteiger partial charge is 0.476 e. The fourth-order valence-corrected chi connectivity index (χ4v) is 4.10. The molecule has 166 valence electrons. The summed E-state index contributed by atoms with van der Waals surface area (Å²) >= 11 is 0. The number of nitrogens with zero attached hydrogens (tertiary/aromatic N) is 1. The zero-order chi connectivity index (χ0) is 23.0. The van der Waals surface area contributed by atoms with Crippen LogP contribution in [-0.2, 0) is 25.0 Å². The van der Waals surface area contributed by atoms with Crippen molar-refractivity contribution in [1.82, 2.24) is 0 Å². The van der Waals surface area contributed by atoms with E-state index in [1.54, 1.807) is 24.3 Å². The van der Waals surface area contributed by atoms with E-state index in [1.807, 2.05) is 26.8 Å². The van der Waals surface area contributed by atoms with E-state index >= 15 is 0 Å². The van der Waals surface area contributed by atoms with Gasteiger partial charge in [0.15, 0.2) is 6.10 Å². The second-order valence-electron chi connectivity index (χ2n) is 8.39. The number of sulfonamides is 1. The fourth-order valence-electron chi connectivity index (χ4n) is 3.20. The summed E-state index contributed by atoms with van der Waals surface area (Å²) in [5, 5.41) is 2.70. The van der Waals surface area contributed by atoms with Crippen LogP contribution in [0.4, 0.5) is 11.4 Å². The number of carbonyl (C=O) groups is 2. The maximum atomic E-state index is 12.8. The lowest BCUT2D eigenvalue weighted by atomic mass is 9.86. The molecule has 9 heteroatoms. The van der Waals surface area contributed by atoms with Gasteiger partial charge in [0.05, 0.1) is 31.2 Å². The predicted molar refractivity (Wildman–Crippen MR) is 118 cm³/mol. The summed E-state index contributed by atoms with van der Waals surface area (Å²) in [6.07, 6.45) is 0.0646. The number of hydrogen-bond acceptors (Lipinski definition) is 6. The average Bonchev–Trinajstić information content (AvgIpc) is 2.71. The molecular weight excluding hydrogens is 420 g/mol. The number of ether oxygens (including phenoxy) is 2. The lowest BCUT2D eigenvalue weighted by Crippen LogP contribution is -2.48. The van der Waals surface area contributed by atoms with Crippen LogP contribution in [-0.4, -0.2) is 46.3 Å². The predicted octanol–water partition coefficient (Wildman–Crippen LogP) is 2.94. The maximum absolute atomic E-state index is 12.8. The van der Waals surface area contributed by atoms with E-state index in [0.717, 1.165) is 11.8 Å². The Morgan fingerprint density at radius 1 is 1.13 bits per heavy atom. The Balaban J connectivity index is 1.85. The van der Waals surface area contributed by atoms with Gasteiger partial charge in [-0.2, -0.15) is 0 Å². The van der Waals surface area contributed by atoms with Crippen molar-refractivity contribution in [3.05, 3.63) is 53.6 Å². The third kappa shape index (κ3) is 4.99. The minimum absolute atomic E-state index is 0.147. The van der Waals surface area contributed by atoms with E-state index in [9.17, 15) is 18.0 Å². The van der Waals surface area contributed by atoms with E-state index in [0.29, 0.717) is 22.7 Å². The van der Waals surface area contributed by atoms with Gasteiger partial charge in [-0.3, -0.25) is 9.10 Å². The molecule has 0 aliphatic carbocycles. The quantitative estimate of drug-likeness (QED) is 0.725. The molecule has 2 aromatic carbocycles. The number of anilines is 2. The molecule has 1 amide bonds. The number of carbonyl (C=O) groups excluding carboxylic acids is 2. The van der Waals surface area contributed by atoms with Gasteiger partial charge >= 0.3 is 5.97 Å². The smallest absolute Gasteiger partial charge is 0.337 e. The molecule has 0 radical (unpaired) electrons. The Hall–Kier alpha value is -3.07. The van der Waals surface area contributed by atoms with Gasteiger partial charge in [-0.25, -0.2) is 13.2 Å². The van der Waals surface area contributed by atoms with Crippen molar-refractivity contribution in [2.24, 2.45) is 0 Å². The molecule has 3 rings (SSSR count). The minimum Gasteiger partial charge on any atom is -0.476 e. The Kier molecular flexibility index (Phi) is 6.00. The van der Waals surface area contributed by atoms with Gasteiger partial charge in [0.2, 0.25) is 10.0 Å². The topological polar surface area (TPSA) is 102 Å². The maximum Gasteiger partial charge on any atom is 0.337 e. The van der Waals surface area contributed by atoms with Gasteiger partial charge in [0.25, 0.3) is 5.91 Å². The summed E-state index contributed by atoms with van der Waals surface area (Å²) in [6, 6.07) is 11.5. The normalized spacial score (nSPS) is 16.2. The number of esters is 1. The van der Waals surface area contributed by atoms with Crippen molar-refractivity contribution in [2.75, 3.05) is 29.5 Å². The Bertz CT molecular complexity index is 1100. The van der Waals surface area contributed by atoms with Crippen LogP contribution in [0.3, 0.4) is 0 Å². The highest BCUT2D eigenvalue weighted by atomic mass is 32.2. The first-order valence-corrected chi connectivity index (χ1v) is 11.5. The third-order valence-electron chi connectivity index (χ3n) is 4.96. The Labute approximate surface area is 182 Å². The summed E-state index contributed by atoms with van der Waals surface area (Å²) < 4.78 is 36.6.